The molecule has 0 aliphatic rings. The van der Waals surface area contributed by atoms with Crippen molar-refractivity contribution in [2.75, 3.05) is 13.1 Å². The minimum atomic E-state index is 0.00672. The molecule has 6 heteroatoms. The van der Waals surface area contributed by atoms with Gasteiger partial charge in [-0.15, -0.1) is 0 Å². The van der Waals surface area contributed by atoms with E-state index in [0.717, 1.165) is 24.4 Å². The van der Waals surface area contributed by atoms with Gasteiger partial charge in [-0.2, -0.15) is 5.10 Å². The molecule has 1 amide bonds. The van der Waals surface area contributed by atoms with Crippen LogP contribution in [0.3, 0.4) is 0 Å². The van der Waals surface area contributed by atoms with Crippen LogP contribution in [0.5, 0.6) is 0 Å². The molecule has 1 heterocycles. The van der Waals surface area contributed by atoms with Crippen LogP contribution >= 0.6 is 11.6 Å². The smallest absolute Gasteiger partial charge is 0.233 e. The molecule has 0 atom stereocenters. The summed E-state index contributed by atoms with van der Waals surface area (Å²) in [6.45, 7) is 8.25. The van der Waals surface area contributed by atoms with Gasteiger partial charge in [0, 0.05) is 19.6 Å². The number of aryl methyl sites for hydroxylation is 2. The van der Waals surface area contributed by atoms with Gasteiger partial charge in [0.2, 0.25) is 5.91 Å². The van der Waals surface area contributed by atoms with Crippen molar-refractivity contribution in [3.05, 3.63) is 16.4 Å². The van der Waals surface area contributed by atoms with Crippen molar-refractivity contribution in [1.82, 2.24) is 20.4 Å². The van der Waals surface area contributed by atoms with Crippen LogP contribution < -0.4 is 10.6 Å². The number of halogens is 1. The van der Waals surface area contributed by atoms with Gasteiger partial charge in [-0.25, -0.2) is 0 Å². The predicted molar refractivity (Wildman–Crippen MR) is 72.7 cm³/mol. The second kappa shape index (κ2) is 7.38. The predicted octanol–water partition coefficient (Wildman–Crippen LogP) is 1.48. The fourth-order valence-electron chi connectivity index (χ4n) is 1.66. The Labute approximate surface area is 113 Å². The Morgan fingerprint density at radius 3 is 2.78 bits per heavy atom. The Kier molecular flexibility index (Phi) is 6.15. The maximum atomic E-state index is 11.4. The number of rotatable bonds is 7. The molecular formula is C12H21ClN4O. The van der Waals surface area contributed by atoms with E-state index in [-0.39, 0.29) is 5.91 Å². The van der Waals surface area contributed by atoms with Crippen molar-refractivity contribution >= 4 is 17.5 Å². The van der Waals surface area contributed by atoms with Gasteiger partial charge in [0.15, 0.2) is 0 Å². The average Bonchev–Trinajstić information content (AvgIpc) is 2.63. The van der Waals surface area contributed by atoms with Crippen molar-refractivity contribution in [1.29, 1.82) is 0 Å². The van der Waals surface area contributed by atoms with Crippen molar-refractivity contribution in [3.63, 3.8) is 0 Å². The molecule has 0 aliphatic carbocycles. The molecule has 0 saturated carbocycles. The maximum absolute atomic E-state index is 11.4. The molecule has 0 aromatic carbocycles. The number of aromatic nitrogens is 2. The number of nitrogens with one attached hydrogen (secondary N) is 2. The van der Waals surface area contributed by atoms with Crippen LogP contribution in [0.4, 0.5) is 0 Å². The van der Waals surface area contributed by atoms with Crippen LogP contribution in [-0.4, -0.2) is 28.8 Å². The molecule has 2 N–H and O–H groups in total. The van der Waals surface area contributed by atoms with Crippen molar-refractivity contribution in [3.8, 4) is 0 Å². The number of hydrogen-bond acceptors (Lipinski definition) is 3. The van der Waals surface area contributed by atoms with E-state index in [1.807, 2.05) is 25.5 Å². The molecular weight excluding hydrogens is 252 g/mol. The highest BCUT2D eigenvalue weighted by molar-refractivity contribution is 6.31. The zero-order valence-corrected chi connectivity index (χ0v) is 12.0. The highest BCUT2D eigenvalue weighted by Gasteiger charge is 2.12. The minimum absolute atomic E-state index is 0.00672. The van der Waals surface area contributed by atoms with Crippen LogP contribution in [0.2, 0.25) is 5.02 Å². The summed E-state index contributed by atoms with van der Waals surface area (Å²) >= 11 is 6.17. The van der Waals surface area contributed by atoms with E-state index in [2.05, 4.69) is 15.7 Å². The Hall–Kier alpha value is -1.07. The number of hydrogen-bond donors (Lipinski definition) is 2. The Morgan fingerprint density at radius 2 is 2.17 bits per heavy atom. The van der Waals surface area contributed by atoms with Gasteiger partial charge >= 0.3 is 0 Å². The van der Waals surface area contributed by atoms with Crippen LogP contribution in [0, 0.1) is 6.92 Å². The lowest BCUT2D eigenvalue weighted by atomic mass is 10.3. The SMILES string of the molecule is CCCNC(=O)CNCc1c(Cl)c(C)nn1CC. The molecule has 0 spiro atoms. The van der Waals surface area contributed by atoms with E-state index in [0.29, 0.717) is 24.7 Å². The molecule has 18 heavy (non-hydrogen) atoms. The normalized spacial score (nSPS) is 10.7. The molecule has 0 radical (unpaired) electrons. The van der Waals surface area contributed by atoms with Gasteiger partial charge in [0.05, 0.1) is 23.0 Å². The molecule has 0 aliphatic heterocycles. The third-order valence-corrected chi connectivity index (χ3v) is 3.09. The first-order valence-corrected chi connectivity index (χ1v) is 6.67. The molecule has 0 unspecified atom stereocenters. The highest BCUT2D eigenvalue weighted by Crippen LogP contribution is 2.19. The fourth-order valence-corrected chi connectivity index (χ4v) is 1.86. The zero-order valence-electron chi connectivity index (χ0n) is 11.2. The lowest BCUT2D eigenvalue weighted by Gasteiger charge is -2.07. The Bertz CT molecular complexity index is 403. The van der Waals surface area contributed by atoms with Gasteiger partial charge in [-0.1, -0.05) is 18.5 Å². The number of carbonyl (C=O) groups excluding carboxylic acids is 1. The van der Waals surface area contributed by atoms with E-state index < -0.39 is 0 Å². The lowest BCUT2D eigenvalue weighted by molar-refractivity contribution is -0.120. The van der Waals surface area contributed by atoms with Crippen LogP contribution in [0.1, 0.15) is 31.7 Å². The first-order chi connectivity index (χ1) is 8.60. The zero-order chi connectivity index (χ0) is 13.5. The molecule has 0 bridgehead atoms. The largest absolute Gasteiger partial charge is 0.355 e. The van der Waals surface area contributed by atoms with Gasteiger partial charge in [-0.3, -0.25) is 9.48 Å². The Balaban J connectivity index is 2.46. The van der Waals surface area contributed by atoms with Gasteiger partial charge in [0.25, 0.3) is 0 Å². The monoisotopic (exact) mass is 272 g/mol. The van der Waals surface area contributed by atoms with Gasteiger partial charge in [0.1, 0.15) is 0 Å². The molecule has 0 saturated heterocycles. The summed E-state index contributed by atoms with van der Waals surface area (Å²) in [4.78, 5) is 11.4. The first-order valence-electron chi connectivity index (χ1n) is 6.29. The minimum Gasteiger partial charge on any atom is -0.355 e. The quantitative estimate of drug-likeness (QED) is 0.790. The van der Waals surface area contributed by atoms with Crippen molar-refractivity contribution < 1.29 is 4.79 Å². The molecule has 1 aromatic rings. The summed E-state index contributed by atoms with van der Waals surface area (Å²) in [5, 5.41) is 10.9. The molecule has 1 rings (SSSR count). The Morgan fingerprint density at radius 1 is 1.44 bits per heavy atom. The van der Waals surface area contributed by atoms with Gasteiger partial charge < -0.3 is 10.6 Å². The van der Waals surface area contributed by atoms with Crippen LogP contribution in [0.25, 0.3) is 0 Å². The summed E-state index contributed by atoms with van der Waals surface area (Å²) < 4.78 is 1.86. The van der Waals surface area contributed by atoms with Crippen LogP contribution in [0.15, 0.2) is 0 Å². The van der Waals surface area contributed by atoms with Crippen molar-refractivity contribution in [2.24, 2.45) is 0 Å². The van der Waals surface area contributed by atoms with Crippen molar-refractivity contribution in [2.45, 2.75) is 40.3 Å². The molecule has 5 nitrogen and oxygen atoms in total. The number of carbonyl (C=O) groups is 1. The summed E-state index contributed by atoms with van der Waals surface area (Å²) in [6.07, 6.45) is 0.944. The topological polar surface area (TPSA) is 59.0 Å². The fraction of sp³-hybridized carbons (Fsp3) is 0.667. The van der Waals surface area contributed by atoms with Gasteiger partial charge in [-0.05, 0) is 20.3 Å². The summed E-state index contributed by atoms with van der Waals surface area (Å²) in [5.41, 5.74) is 1.76. The molecule has 102 valence electrons. The molecule has 0 fully saturated rings. The maximum Gasteiger partial charge on any atom is 0.233 e. The summed E-state index contributed by atoms with van der Waals surface area (Å²) in [6, 6.07) is 0. The van der Waals surface area contributed by atoms with E-state index in [9.17, 15) is 4.79 Å². The van der Waals surface area contributed by atoms with E-state index >= 15 is 0 Å². The third kappa shape index (κ3) is 3.99. The second-order valence-electron chi connectivity index (χ2n) is 4.12. The standard InChI is InChI=1S/C12H21ClN4O/c1-4-6-15-11(18)8-14-7-10-12(13)9(3)16-17(10)5-2/h14H,4-8H2,1-3H3,(H,15,18). The average molecular weight is 273 g/mol. The second-order valence-corrected chi connectivity index (χ2v) is 4.49. The summed E-state index contributed by atoms with van der Waals surface area (Å²) in [5.74, 6) is 0.00672. The highest BCUT2D eigenvalue weighted by atomic mass is 35.5. The van der Waals surface area contributed by atoms with E-state index in [1.165, 1.54) is 0 Å². The van der Waals surface area contributed by atoms with E-state index in [1.54, 1.807) is 0 Å². The van der Waals surface area contributed by atoms with Crippen LogP contribution in [-0.2, 0) is 17.9 Å². The number of amides is 1. The first kappa shape index (κ1) is 15.0. The third-order valence-electron chi connectivity index (χ3n) is 2.60. The molecule has 1 aromatic heterocycles. The lowest BCUT2D eigenvalue weighted by Crippen LogP contribution is -2.34. The van der Waals surface area contributed by atoms with E-state index in [4.69, 9.17) is 11.6 Å². The summed E-state index contributed by atoms with van der Waals surface area (Å²) in [7, 11) is 0. The number of nitrogens with zero attached hydrogens (tertiary/aromatic N) is 2.